The molecule has 0 unspecified atom stereocenters. The zero-order valence-corrected chi connectivity index (χ0v) is 12.4. The summed E-state index contributed by atoms with van der Waals surface area (Å²) < 4.78 is 0. The lowest BCUT2D eigenvalue weighted by Gasteiger charge is -2.25. The second-order valence-electron chi connectivity index (χ2n) is 5.17. The van der Waals surface area contributed by atoms with Crippen molar-refractivity contribution in [3.8, 4) is 10.6 Å². The van der Waals surface area contributed by atoms with Crippen molar-refractivity contribution in [1.82, 2.24) is 20.3 Å². The van der Waals surface area contributed by atoms with Crippen molar-refractivity contribution < 1.29 is 4.79 Å². The molecule has 4 rings (SSSR count). The molecule has 0 saturated carbocycles. The summed E-state index contributed by atoms with van der Waals surface area (Å²) in [5, 5.41) is 6.87. The topological polar surface area (TPSA) is 79.8 Å². The number of thiazole rings is 1. The molecule has 110 valence electrons. The Hall–Kier alpha value is -2.38. The van der Waals surface area contributed by atoms with Crippen LogP contribution in [0.3, 0.4) is 0 Å². The van der Waals surface area contributed by atoms with Gasteiger partial charge in [-0.2, -0.15) is 0 Å². The highest BCUT2D eigenvalue weighted by Crippen LogP contribution is 2.24. The average Bonchev–Trinajstić information content (AvgIpc) is 2.98. The van der Waals surface area contributed by atoms with E-state index in [-0.39, 0.29) is 11.8 Å². The summed E-state index contributed by atoms with van der Waals surface area (Å²) in [7, 11) is 0. The van der Waals surface area contributed by atoms with Gasteiger partial charge in [0.25, 0.3) is 0 Å². The van der Waals surface area contributed by atoms with Crippen LogP contribution in [-0.2, 0) is 4.79 Å². The highest BCUT2D eigenvalue weighted by Gasteiger charge is 2.25. The summed E-state index contributed by atoms with van der Waals surface area (Å²) in [6, 6.07) is 5.74. The average molecular weight is 311 g/mol. The standard InChI is InChI=1S/C15H13N5OS/c21-15(10-4-16-5-10)20-14-3-12-9(6-18-14)1-2-11(19-12)13-7-17-8-22-13/h1-3,6-8,10,16H,4-5H2,(H,18,20,21). The van der Waals surface area contributed by atoms with Crippen molar-refractivity contribution in [1.29, 1.82) is 0 Å². The quantitative estimate of drug-likeness (QED) is 0.772. The number of aromatic nitrogens is 3. The number of amides is 1. The minimum absolute atomic E-state index is 0.00390. The van der Waals surface area contributed by atoms with Crippen LogP contribution < -0.4 is 10.6 Å². The van der Waals surface area contributed by atoms with Gasteiger partial charge in [0.1, 0.15) is 5.82 Å². The first-order valence-electron chi connectivity index (χ1n) is 6.97. The lowest BCUT2D eigenvalue weighted by atomic mass is 10.0. The molecule has 2 N–H and O–H groups in total. The van der Waals surface area contributed by atoms with Crippen LogP contribution in [0.25, 0.3) is 21.5 Å². The number of pyridine rings is 2. The summed E-state index contributed by atoms with van der Waals surface area (Å²) in [6.45, 7) is 1.46. The molecule has 22 heavy (non-hydrogen) atoms. The minimum Gasteiger partial charge on any atom is -0.315 e. The van der Waals surface area contributed by atoms with E-state index in [1.807, 2.05) is 18.2 Å². The molecule has 1 fully saturated rings. The summed E-state index contributed by atoms with van der Waals surface area (Å²) in [5.74, 6) is 0.580. The zero-order valence-electron chi connectivity index (χ0n) is 11.6. The number of anilines is 1. The van der Waals surface area contributed by atoms with Gasteiger partial charge in [-0.05, 0) is 12.1 Å². The van der Waals surface area contributed by atoms with Crippen molar-refractivity contribution in [2.24, 2.45) is 5.92 Å². The number of rotatable bonds is 3. The Morgan fingerprint density at radius 2 is 2.23 bits per heavy atom. The van der Waals surface area contributed by atoms with E-state index in [0.717, 1.165) is 34.6 Å². The van der Waals surface area contributed by atoms with Gasteiger partial charge < -0.3 is 10.6 Å². The Morgan fingerprint density at radius 1 is 1.32 bits per heavy atom. The third-order valence-corrected chi connectivity index (χ3v) is 4.46. The smallest absolute Gasteiger partial charge is 0.231 e. The van der Waals surface area contributed by atoms with Crippen LogP contribution in [0, 0.1) is 5.92 Å². The van der Waals surface area contributed by atoms with E-state index >= 15 is 0 Å². The SMILES string of the molecule is O=C(Nc1cc2nc(-c3cncs3)ccc2cn1)C1CNC1. The lowest BCUT2D eigenvalue weighted by molar-refractivity contribution is -0.121. The van der Waals surface area contributed by atoms with E-state index in [0.29, 0.717) is 5.82 Å². The number of fused-ring (bicyclic) bond motifs is 1. The number of carbonyl (C=O) groups is 1. The van der Waals surface area contributed by atoms with Gasteiger partial charge >= 0.3 is 0 Å². The molecule has 0 radical (unpaired) electrons. The van der Waals surface area contributed by atoms with Crippen molar-refractivity contribution in [3.63, 3.8) is 0 Å². The summed E-state index contributed by atoms with van der Waals surface area (Å²) in [5.41, 5.74) is 3.47. The summed E-state index contributed by atoms with van der Waals surface area (Å²) in [4.78, 5) is 26.0. The van der Waals surface area contributed by atoms with Crippen molar-refractivity contribution in [2.45, 2.75) is 0 Å². The largest absolute Gasteiger partial charge is 0.315 e. The van der Waals surface area contributed by atoms with Gasteiger partial charge in [-0.3, -0.25) is 9.78 Å². The fourth-order valence-electron chi connectivity index (χ4n) is 2.27. The number of nitrogens with one attached hydrogen (secondary N) is 2. The summed E-state index contributed by atoms with van der Waals surface area (Å²) in [6.07, 6.45) is 3.53. The number of nitrogens with zero attached hydrogens (tertiary/aromatic N) is 3. The molecular formula is C15H13N5OS. The van der Waals surface area contributed by atoms with E-state index in [2.05, 4.69) is 25.6 Å². The molecule has 1 aliphatic rings. The number of hydrogen-bond donors (Lipinski definition) is 2. The van der Waals surface area contributed by atoms with E-state index in [1.54, 1.807) is 29.2 Å². The lowest BCUT2D eigenvalue weighted by Crippen LogP contribution is -2.48. The van der Waals surface area contributed by atoms with Gasteiger partial charge in [-0.15, -0.1) is 11.3 Å². The van der Waals surface area contributed by atoms with E-state index in [4.69, 9.17) is 0 Å². The normalized spacial score (nSPS) is 14.7. The van der Waals surface area contributed by atoms with Gasteiger partial charge in [0.05, 0.1) is 27.5 Å². The second kappa shape index (κ2) is 5.43. The van der Waals surface area contributed by atoms with Crippen LogP contribution >= 0.6 is 11.3 Å². The molecule has 0 aliphatic carbocycles. The van der Waals surface area contributed by atoms with E-state index in [9.17, 15) is 4.79 Å². The predicted octanol–water partition coefficient (Wildman–Crippen LogP) is 1.91. The Labute approximate surface area is 130 Å². The van der Waals surface area contributed by atoms with Crippen LogP contribution in [-0.4, -0.2) is 33.9 Å². The molecule has 6 nitrogen and oxygen atoms in total. The highest BCUT2D eigenvalue weighted by atomic mass is 32.1. The molecule has 3 aromatic rings. The van der Waals surface area contributed by atoms with E-state index < -0.39 is 0 Å². The molecule has 1 saturated heterocycles. The Balaban J connectivity index is 1.65. The van der Waals surface area contributed by atoms with Gasteiger partial charge in [0.15, 0.2) is 0 Å². The fraction of sp³-hybridized carbons (Fsp3) is 0.200. The Bertz CT molecular complexity index is 829. The van der Waals surface area contributed by atoms with Gasteiger partial charge in [0, 0.05) is 36.9 Å². The molecule has 0 spiro atoms. The fourth-order valence-corrected chi connectivity index (χ4v) is 2.86. The number of hydrogen-bond acceptors (Lipinski definition) is 6. The monoisotopic (exact) mass is 311 g/mol. The molecule has 0 bridgehead atoms. The van der Waals surface area contributed by atoms with E-state index in [1.165, 1.54) is 0 Å². The minimum atomic E-state index is 0.00390. The first-order valence-corrected chi connectivity index (χ1v) is 7.85. The van der Waals surface area contributed by atoms with Crippen LogP contribution in [0.15, 0.2) is 36.1 Å². The second-order valence-corrected chi connectivity index (χ2v) is 6.06. The first-order chi connectivity index (χ1) is 10.8. The molecule has 1 amide bonds. The Kier molecular flexibility index (Phi) is 3.28. The van der Waals surface area contributed by atoms with Gasteiger partial charge in [-0.1, -0.05) is 0 Å². The molecule has 7 heteroatoms. The van der Waals surface area contributed by atoms with Crippen molar-refractivity contribution in [2.75, 3.05) is 18.4 Å². The van der Waals surface area contributed by atoms with Crippen LogP contribution in [0.1, 0.15) is 0 Å². The maximum Gasteiger partial charge on any atom is 0.231 e. The van der Waals surface area contributed by atoms with Crippen LogP contribution in [0.4, 0.5) is 5.82 Å². The first kappa shape index (κ1) is 13.3. The zero-order chi connectivity index (χ0) is 14.9. The molecule has 3 aromatic heterocycles. The molecule has 0 aromatic carbocycles. The molecule has 1 aliphatic heterocycles. The van der Waals surface area contributed by atoms with Gasteiger partial charge in [0.2, 0.25) is 5.91 Å². The highest BCUT2D eigenvalue weighted by molar-refractivity contribution is 7.13. The molecule has 4 heterocycles. The predicted molar refractivity (Wildman–Crippen MR) is 85.6 cm³/mol. The van der Waals surface area contributed by atoms with Crippen molar-refractivity contribution >= 4 is 34.0 Å². The maximum absolute atomic E-state index is 12.0. The third-order valence-electron chi connectivity index (χ3n) is 3.66. The van der Waals surface area contributed by atoms with Crippen LogP contribution in [0.5, 0.6) is 0 Å². The summed E-state index contributed by atoms with van der Waals surface area (Å²) >= 11 is 1.55. The molecular weight excluding hydrogens is 298 g/mol. The maximum atomic E-state index is 12.0. The Morgan fingerprint density at radius 3 is 2.95 bits per heavy atom. The number of carbonyl (C=O) groups excluding carboxylic acids is 1. The third kappa shape index (κ3) is 2.44. The van der Waals surface area contributed by atoms with Crippen LogP contribution in [0.2, 0.25) is 0 Å². The van der Waals surface area contributed by atoms with Gasteiger partial charge in [-0.25, -0.2) is 9.97 Å². The van der Waals surface area contributed by atoms with Crippen molar-refractivity contribution in [3.05, 3.63) is 36.1 Å². The molecule has 0 atom stereocenters.